The van der Waals surface area contributed by atoms with Gasteiger partial charge in [-0.05, 0) is 56.9 Å². The maximum absolute atomic E-state index is 12.8. The van der Waals surface area contributed by atoms with Crippen LogP contribution in [0.3, 0.4) is 0 Å². The van der Waals surface area contributed by atoms with Crippen molar-refractivity contribution < 1.29 is 19.1 Å². The molecule has 1 aliphatic rings. The molecule has 1 aromatic carbocycles. The molecule has 1 heterocycles. The minimum atomic E-state index is -0.133. The van der Waals surface area contributed by atoms with Gasteiger partial charge in [0.05, 0.1) is 19.6 Å². The van der Waals surface area contributed by atoms with Gasteiger partial charge in [-0.2, -0.15) is 0 Å². The van der Waals surface area contributed by atoms with Gasteiger partial charge in [-0.1, -0.05) is 19.4 Å². The Morgan fingerprint density at radius 1 is 1.24 bits per heavy atom. The van der Waals surface area contributed by atoms with Gasteiger partial charge in [0.25, 0.3) is 0 Å². The highest BCUT2D eigenvalue weighted by Gasteiger charge is 2.31. The number of nitrogens with one attached hydrogen (secondary N) is 1. The lowest BCUT2D eigenvalue weighted by molar-refractivity contribution is -0.134. The second-order valence-corrected chi connectivity index (χ2v) is 7.44. The molecule has 1 N–H and O–H groups in total. The van der Waals surface area contributed by atoms with Crippen LogP contribution in [0.2, 0.25) is 0 Å². The molecule has 29 heavy (non-hydrogen) atoms. The summed E-state index contributed by atoms with van der Waals surface area (Å²) in [6.07, 6.45) is 7.04. The van der Waals surface area contributed by atoms with Gasteiger partial charge >= 0.3 is 0 Å². The Kier molecular flexibility index (Phi) is 9.03. The van der Waals surface area contributed by atoms with Crippen molar-refractivity contribution in [1.82, 2.24) is 10.2 Å². The number of nitrogens with zero attached hydrogens (tertiary/aromatic N) is 1. The summed E-state index contributed by atoms with van der Waals surface area (Å²) in [6, 6.07) is 5.70. The van der Waals surface area contributed by atoms with Gasteiger partial charge in [0.1, 0.15) is 0 Å². The van der Waals surface area contributed by atoms with E-state index < -0.39 is 0 Å². The molecule has 1 fully saturated rings. The SMILES string of the molecule is CCCCNC(=O)C1CCC(C)N(C(=O)/C=C/c2ccc(OC)c(OCC)c2)C1. The molecule has 0 radical (unpaired) electrons. The molecular formula is C23H34N2O4. The minimum absolute atomic E-state index is 0.0589. The van der Waals surface area contributed by atoms with Crippen LogP contribution in [0.25, 0.3) is 6.08 Å². The third-order valence-electron chi connectivity index (χ3n) is 5.27. The number of rotatable bonds is 9. The highest BCUT2D eigenvalue weighted by atomic mass is 16.5. The topological polar surface area (TPSA) is 67.9 Å². The highest BCUT2D eigenvalue weighted by Crippen LogP contribution is 2.29. The van der Waals surface area contributed by atoms with Crippen molar-refractivity contribution in [3.63, 3.8) is 0 Å². The fraction of sp³-hybridized carbons (Fsp3) is 0.565. The molecule has 0 spiro atoms. The third-order valence-corrected chi connectivity index (χ3v) is 5.27. The zero-order valence-corrected chi connectivity index (χ0v) is 18.1. The molecule has 6 heteroatoms. The summed E-state index contributed by atoms with van der Waals surface area (Å²) >= 11 is 0. The highest BCUT2D eigenvalue weighted by molar-refractivity contribution is 5.92. The van der Waals surface area contributed by atoms with Crippen LogP contribution in [0, 0.1) is 5.92 Å². The monoisotopic (exact) mass is 402 g/mol. The lowest BCUT2D eigenvalue weighted by Gasteiger charge is -2.36. The summed E-state index contributed by atoms with van der Waals surface area (Å²) in [5, 5.41) is 2.99. The molecule has 0 aliphatic carbocycles. The average Bonchev–Trinajstić information content (AvgIpc) is 2.72. The summed E-state index contributed by atoms with van der Waals surface area (Å²) in [5.74, 6) is 1.17. The van der Waals surface area contributed by atoms with Crippen LogP contribution < -0.4 is 14.8 Å². The summed E-state index contributed by atoms with van der Waals surface area (Å²) in [5.41, 5.74) is 0.862. The van der Waals surface area contributed by atoms with E-state index in [1.54, 1.807) is 24.2 Å². The van der Waals surface area contributed by atoms with Gasteiger partial charge in [0.2, 0.25) is 11.8 Å². The fourth-order valence-corrected chi connectivity index (χ4v) is 3.49. The van der Waals surface area contributed by atoms with Crippen LogP contribution in [0.4, 0.5) is 0 Å². The van der Waals surface area contributed by atoms with E-state index in [9.17, 15) is 9.59 Å². The first-order chi connectivity index (χ1) is 14.0. The standard InChI is InChI=1S/C23H34N2O4/c1-5-7-14-24-23(27)19-11-8-17(3)25(16-19)22(26)13-10-18-9-12-20(28-4)21(15-18)29-6-2/h9-10,12-13,15,17,19H,5-8,11,14,16H2,1-4H3,(H,24,27)/b13-10+. The summed E-state index contributed by atoms with van der Waals surface area (Å²) in [7, 11) is 1.60. The van der Waals surface area contributed by atoms with Gasteiger partial charge in [0, 0.05) is 25.2 Å². The first-order valence-electron chi connectivity index (χ1n) is 10.6. The van der Waals surface area contributed by atoms with Crippen molar-refractivity contribution in [3.8, 4) is 11.5 Å². The number of carbonyl (C=O) groups excluding carboxylic acids is 2. The third kappa shape index (κ3) is 6.51. The number of amides is 2. The summed E-state index contributed by atoms with van der Waals surface area (Å²) in [4.78, 5) is 27.0. The number of piperidine rings is 1. The normalized spacial score (nSPS) is 19.2. The molecule has 160 valence electrons. The van der Waals surface area contributed by atoms with Crippen molar-refractivity contribution in [2.45, 2.75) is 52.5 Å². The average molecular weight is 403 g/mol. The number of ether oxygens (including phenoxy) is 2. The Labute approximate surface area is 174 Å². The second kappa shape index (κ2) is 11.5. The van der Waals surface area contributed by atoms with Crippen LogP contribution in [-0.4, -0.2) is 49.6 Å². The Hall–Kier alpha value is -2.50. The number of hydrogen-bond acceptors (Lipinski definition) is 4. The van der Waals surface area contributed by atoms with Crippen molar-refractivity contribution in [1.29, 1.82) is 0 Å². The predicted octanol–water partition coefficient (Wildman–Crippen LogP) is 3.65. The van der Waals surface area contributed by atoms with E-state index in [0.29, 0.717) is 31.2 Å². The zero-order valence-electron chi connectivity index (χ0n) is 18.1. The van der Waals surface area contributed by atoms with E-state index in [1.807, 2.05) is 32.0 Å². The van der Waals surface area contributed by atoms with Gasteiger partial charge in [-0.15, -0.1) is 0 Å². The largest absolute Gasteiger partial charge is 0.493 e. The molecule has 2 atom stereocenters. The molecule has 2 rings (SSSR count). The lowest BCUT2D eigenvalue weighted by Crippen LogP contribution is -2.49. The van der Waals surface area contributed by atoms with Crippen molar-refractivity contribution >= 4 is 17.9 Å². The van der Waals surface area contributed by atoms with E-state index in [2.05, 4.69) is 12.2 Å². The van der Waals surface area contributed by atoms with Gasteiger partial charge in [0.15, 0.2) is 11.5 Å². The van der Waals surface area contributed by atoms with Crippen LogP contribution in [0.5, 0.6) is 11.5 Å². The van der Waals surface area contributed by atoms with Crippen LogP contribution >= 0.6 is 0 Å². The van der Waals surface area contributed by atoms with Crippen molar-refractivity contribution in [3.05, 3.63) is 29.8 Å². The second-order valence-electron chi connectivity index (χ2n) is 7.44. The van der Waals surface area contributed by atoms with E-state index in [1.165, 1.54) is 0 Å². The molecular weight excluding hydrogens is 368 g/mol. The van der Waals surface area contributed by atoms with Crippen LogP contribution in [0.1, 0.15) is 52.0 Å². The molecule has 0 aromatic heterocycles. The molecule has 0 bridgehead atoms. The van der Waals surface area contributed by atoms with Crippen LogP contribution in [0.15, 0.2) is 24.3 Å². The Bertz CT molecular complexity index is 717. The summed E-state index contributed by atoms with van der Waals surface area (Å²) < 4.78 is 10.9. The first-order valence-corrected chi connectivity index (χ1v) is 10.6. The molecule has 1 saturated heterocycles. The molecule has 1 aliphatic heterocycles. The zero-order chi connectivity index (χ0) is 21.2. The Balaban J connectivity index is 2.02. The van der Waals surface area contributed by atoms with Crippen LogP contribution in [-0.2, 0) is 9.59 Å². The van der Waals surface area contributed by atoms with Gasteiger partial charge in [-0.3, -0.25) is 9.59 Å². The van der Waals surface area contributed by atoms with Crippen molar-refractivity contribution in [2.75, 3.05) is 26.8 Å². The molecule has 0 saturated carbocycles. The molecule has 2 amide bonds. The molecule has 1 aromatic rings. The lowest BCUT2D eigenvalue weighted by atomic mass is 9.92. The quantitative estimate of drug-likeness (QED) is 0.506. The first kappa shape index (κ1) is 22.8. The Morgan fingerprint density at radius 2 is 2.03 bits per heavy atom. The Morgan fingerprint density at radius 3 is 2.72 bits per heavy atom. The maximum Gasteiger partial charge on any atom is 0.246 e. The molecule has 6 nitrogen and oxygen atoms in total. The number of hydrogen-bond donors (Lipinski definition) is 1. The van der Waals surface area contributed by atoms with E-state index in [-0.39, 0.29) is 23.8 Å². The fourth-order valence-electron chi connectivity index (χ4n) is 3.49. The van der Waals surface area contributed by atoms with E-state index >= 15 is 0 Å². The maximum atomic E-state index is 12.8. The molecule has 2 unspecified atom stereocenters. The van der Waals surface area contributed by atoms with E-state index in [4.69, 9.17) is 9.47 Å². The number of carbonyl (C=O) groups is 2. The van der Waals surface area contributed by atoms with Gasteiger partial charge < -0.3 is 19.7 Å². The number of likely N-dealkylation sites (tertiary alicyclic amines) is 1. The summed E-state index contributed by atoms with van der Waals surface area (Å²) in [6.45, 7) is 7.76. The smallest absolute Gasteiger partial charge is 0.246 e. The predicted molar refractivity (Wildman–Crippen MR) is 115 cm³/mol. The number of methoxy groups -OCH3 is 1. The number of benzene rings is 1. The minimum Gasteiger partial charge on any atom is -0.493 e. The van der Waals surface area contributed by atoms with E-state index in [0.717, 1.165) is 31.2 Å². The van der Waals surface area contributed by atoms with Gasteiger partial charge in [-0.25, -0.2) is 0 Å². The van der Waals surface area contributed by atoms with Crippen molar-refractivity contribution in [2.24, 2.45) is 5.92 Å². The number of unbranched alkanes of at least 4 members (excludes halogenated alkanes) is 1.